The molecule has 0 aliphatic heterocycles. The molecule has 0 unspecified atom stereocenters. The minimum atomic E-state index is -0.526. The van der Waals surface area contributed by atoms with E-state index in [0.717, 1.165) is 11.4 Å². The van der Waals surface area contributed by atoms with E-state index in [1.807, 2.05) is 41.8 Å². The number of carbonyl (C=O) groups is 2. The van der Waals surface area contributed by atoms with Crippen molar-refractivity contribution in [1.82, 2.24) is 25.6 Å². The maximum Gasteiger partial charge on any atom is 0.269 e. The molecule has 1 aromatic heterocycles. The smallest absolute Gasteiger partial charge is 0.269 e. The van der Waals surface area contributed by atoms with Crippen LogP contribution in [-0.4, -0.2) is 32.3 Å². The average molecular weight is 399 g/mol. The molecule has 0 aliphatic carbocycles. The van der Waals surface area contributed by atoms with E-state index in [2.05, 4.69) is 21.0 Å². The third kappa shape index (κ3) is 4.74. The fourth-order valence-electron chi connectivity index (χ4n) is 2.45. The van der Waals surface area contributed by atoms with Gasteiger partial charge < -0.3 is 4.57 Å². The maximum absolute atomic E-state index is 12.9. The molecule has 2 aromatic carbocycles. The zero-order valence-corrected chi connectivity index (χ0v) is 15.9. The summed E-state index contributed by atoms with van der Waals surface area (Å²) in [6.07, 6.45) is 0. The first-order valence-electron chi connectivity index (χ1n) is 8.54. The number of thioether (sulfide) groups is 1. The molecule has 0 spiro atoms. The van der Waals surface area contributed by atoms with Gasteiger partial charge in [0.15, 0.2) is 11.0 Å². The van der Waals surface area contributed by atoms with Crippen LogP contribution in [0.1, 0.15) is 17.3 Å². The van der Waals surface area contributed by atoms with E-state index in [9.17, 15) is 14.0 Å². The normalized spacial score (nSPS) is 10.5. The lowest BCUT2D eigenvalue weighted by molar-refractivity contribution is -0.119. The highest BCUT2D eigenvalue weighted by atomic mass is 32.2. The van der Waals surface area contributed by atoms with Crippen molar-refractivity contribution in [3.05, 3.63) is 66.0 Å². The Morgan fingerprint density at radius 1 is 1.04 bits per heavy atom. The first-order valence-corrected chi connectivity index (χ1v) is 9.53. The van der Waals surface area contributed by atoms with Crippen molar-refractivity contribution in [3.63, 3.8) is 0 Å². The van der Waals surface area contributed by atoms with Crippen molar-refractivity contribution in [2.75, 3.05) is 5.75 Å². The predicted octanol–water partition coefficient (Wildman–Crippen LogP) is 2.66. The molecule has 0 saturated heterocycles. The summed E-state index contributed by atoms with van der Waals surface area (Å²) < 4.78 is 14.8. The number of hydrogen-bond acceptors (Lipinski definition) is 5. The lowest BCUT2D eigenvalue weighted by Crippen LogP contribution is -2.42. The van der Waals surface area contributed by atoms with Gasteiger partial charge in [0.05, 0.1) is 5.75 Å². The molecule has 9 heteroatoms. The molecule has 0 fully saturated rings. The molecule has 2 amide bonds. The minimum Gasteiger partial charge on any atom is -0.302 e. The van der Waals surface area contributed by atoms with Gasteiger partial charge in [-0.3, -0.25) is 20.4 Å². The van der Waals surface area contributed by atoms with Crippen LogP contribution in [0.3, 0.4) is 0 Å². The molecule has 3 aromatic rings. The minimum absolute atomic E-state index is 0.0522. The summed E-state index contributed by atoms with van der Waals surface area (Å²) in [6.45, 7) is 2.63. The van der Waals surface area contributed by atoms with E-state index in [-0.39, 0.29) is 11.3 Å². The summed E-state index contributed by atoms with van der Waals surface area (Å²) >= 11 is 1.22. The van der Waals surface area contributed by atoms with Gasteiger partial charge in [0.25, 0.3) is 5.91 Å². The Kier molecular flexibility index (Phi) is 6.38. The van der Waals surface area contributed by atoms with Gasteiger partial charge in [-0.1, -0.05) is 42.1 Å². The molecule has 7 nitrogen and oxygen atoms in total. The van der Waals surface area contributed by atoms with Gasteiger partial charge in [-0.2, -0.15) is 0 Å². The number of nitrogens with zero attached hydrogens (tertiary/aromatic N) is 3. The Labute approximate surface area is 165 Å². The molecule has 0 bridgehead atoms. The number of amides is 2. The van der Waals surface area contributed by atoms with Gasteiger partial charge in [0.1, 0.15) is 5.82 Å². The van der Waals surface area contributed by atoms with Crippen molar-refractivity contribution in [3.8, 4) is 11.4 Å². The van der Waals surface area contributed by atoms with Crippen molar-refractivity contribution >= 4 is 23.6 Å². The van der Waals surface area contributed by atoms with Gasteiger partial charge in [-0.25, -0.2) is 4.39 Å². The number of nitrogens with one attached hydrogen (secondary N) is 2. The van der Waals surface area contributed by atoms with E-state index in [1.165, 1.54) is 36.0 Å². The third-order valence-corrected chi connectivity index (χ3v) is 4.79. The number of benzene rings is 2. The van der Waals surface area contributed by atoms with E-state index in [1.54, 1.807) is 0 Å². The van der Waals surface area contributed by atoms with Gasteiger partial charge in [-0.15, -0.1) is 10.2 Å². The Balaban J connectivity index is 1.55. The van der Waals surface area contributed by atoms with E-state index < -0.39 is 17.6 Å². The first kappa shape index (κ1) is 19.6. The Bertz CT molecular complexity index is 960. The molecule has 1 heterocycles. The summed E-state index contributed by atoms with van der Waals surface area (Å²) in [4.78, 5) is 23.9. The van der Waals surface area contributed by atoms with Crippen molar-refractivity contribution < 1.29 is 14.0 Å². The lowest BCUT2D eigenvalue weighted by atomic mass is 10.2. The Morgan fingerprint density at radius 2 is 1.75 bits per heavy atom. The molecule has 3 rings (SSSR count). The Morgan fingerprint density at radius 3 is 2.43 bits per heavy atom. The van der Waals surface area contributed by atoms with Crippen molar-refractivity contribution in [1.29, 1.82) is 0 Å². The second-order valence-electron chi connectivity index (χ2n) is 5.71. The number of halogens is 1. The molecule has 0 radical (unpaired) electrons. The maximum atomic E-state index is 12.9. The van der Waals surface area contributed by atoms with Crippen molar-refractivity contribution in [2.24, 2.45) is 0 Å². The van der Waals surface area contributed by atoms with Crippen LogP contribution < -0.4 is 10.9 Å². The standard InChI is InChI=1S/C19H18FN5O2S/c1-2-25-17(13-6-4-3-5-7-13)22-24-19(25)28-12-16(26)21-23-18(27)14-8-10-15(20)11-9-14/h3-11H,2,12H2,1H3,(H,21,26)(H,23,27). The van der Waals surface area contributed by atoms with E-state index in [0.29, 0.717) is 11.7 Å². The summed E-state index contributed by atoms with van der Waals surface area (Å²) in [5.41, 5.74) is 5.82. The fourth-order valence-corrected chi connectivity index (χ4v) is 3.25. The van der Waals surface area contributed by atoms with Crippen LogP contribution >= 0.6 is 11.8 Å². The topological polar surface area (TPSA) is 88.9 Å². The Hall–Kier alpha value is -3.20. The SMILES string of the molecule is CCn1c(SCC(=O)NNC(=O)c2ccc(F)cc2)nnc1-c1ccccc1. The fraction of sp³-hybridized carbons (Fsp3) is 0.158. The largest absolute Gasteiger partial charge is 0.302 e. The molecule has 144 valence electrons. The molecule has 0 aliphatic rings. The van der Waals surface area contributed by atoms with Crippen LogP contribution in [0.2, 0.25) is 0 Å². The van der Waals surface area contributed by atoms with Crippen LogP contribution in [0.5, 0.6) is 0 Å². The zero-order chi connectivity index (χ0) is 19.9. The van der Waals surface area contributed by atoms with Crippen molar-refractivity contribution in [2.45, 2.75) is 18.6 Å². The molecule has 0 saturated carbocycles. The summed E-state index contributed by atoms with van der Waals surface area (Å²) in [6, 6.07) is 14.7. The third-order valence-electron chi connectivity index (χ3n) is 3.82. The number of hydrazine groups is 1. The number of hydrogen-bond donors (Lipinski definition) is 2. The van der Waals surface area contributed by atoms with Gasteiger partial charge in [-0.05, 0) is 31.2 Å². The number of carbonyl (C=O) groups excluding carboxylic acids is 2. The van der Waals surface area contributed by atoms with Crippen LogP contribution in [0, 0.1) is 5.82 Å². The second kappa shape index (κ2) is 9.14. The highest BCUT2D eigenvalue weighted by molar-refractivity contribution is 7.99. The molecule has 2 N–H and O–H groups in total. The molecule has 28 heavy (non-hydrogen) atoms. The molecular formula is C19H18FN5O2S. The van der Waals surface area contributed by atoms with Crippen LogP contribution in [0.25, 0.3) is 11.4 Å². The quantitative estimate of drug-likeness (QED) is 0.491. The summed E-state index contributed by atoms with van der Waals surface area (Å²) in [5.74, 6) is -0.576. The highest BCUT2D eigenvalue weighted by Crippen LogP contribution is 2.23. The molecule has 0 atom stereocenters. The average Bonchev–Trinajstić information content (AvgIpc) is 3.14. The zero-order valence-electron chi connectivity index (χ0n) is 15.1. The van der Waals surface area contributed by atoms with Gasteiger partial charge in [0, 0.05) is 17.7 Å². The second-order valence-corrected chi connectivity index (χ2v) is 6.66. The highest BCUT2D eigenvalue weighted by Gasteiger charge is 2.15. The van der Waals surface area contributed by atoms with Crippen LogP contribution in [-0.2, 0) is 11.3 Å². The van der Waals surface area contributed by atoms with Gasteiger partial charge in [0.2, 0.25) is 5.91 Å². The monoisotopic (exact) mass is 399 g/mol. The lowest BCUT2D eigenvalue weighted by Gasteiger charge is -2.08. The van der Waals surface area contributed by atoms with Gasteiger partial charge >= 0.3 is 0 Å². The van der Waals surface area contributed by atoms with Crippen LogP contribution in [0.15, 0.2) is 59.8 Å². The molecular weight excluding hydrogens is 381 g/mol. The number of aromatic nitrogens is 3. The first-order chi connectivity index (χ1) is 13.6. The number of rotatable bonds is 6. The van der Waals surface area contributed by atoms with E-state index >= 15 is 0 Å². The summed E-state index contributed by atoms with van der Waals surface area (Å²) in [5, 5.41) is 8.99. The summed E-state index contributed by atoms with van der Waals surface area (Å²) in [7, 11) is 0. The van der Waals surface area contributed by atoms with Crippen LogP contribution in [0.4, 0.5) is 4.39 Å². The predicted molar refractivity (Wildman–Crippen MR) is 104 cm³/mol. The van der Waals surface area contributed by atoms with E-state index in [4.69, 9.17) is 0 Å².